The normalized spacial score (nSPS) is 20.4. The maximum absolute atomic E-state index is 9.10. The van der Waals surface area contributed by atoms with Gasteiger partial charge in [-0.15, -0.1) is 17.0 Å². The Labute approximate surface area is 95.1 Å². The Morgan fingerprint density at radius 3 is 2.57 bits per heavy atom. The number of rotatable bonds is 2. The fourth-order valence-corrected chi connectivity index (χ4v) is 1.85. The number of nitrogens with one attached hydrogen (secondary N) is 1. The van der Waals surface area contributed by atoms with Crippen LogP contribution in [0.5, 0.6) is 5.75 Å². The van der Waals surface area contributed by atoms with Crippen molar-refractivity contribution in [3.63, 3.8) is 0 Å². The Kier molecular flexibility index (Phi) is 4.42. The average Bonchev–Trinajstić information content (AvgIpc) is 2.62. The summed E-state index contributed by atoms with van der Waals surface area (Å²) in [7, 11) is 0. The van der Waals surface area contributed by atoms with Crippen molar-refractivity contribution in [1.82, 2.24) is 5.32 Å². The van der Waals surface area contributed by atoms with Gasteiger partial charge in [0.2, 0.25) is 0 Å². The molecule has 0 aromatic heterocycles. The molecule has 1 fully saturated rings. The highest BCUT2D eigenvalue weighted by molar-refractivity contribution is 8.93. The van der Waals surface area contributed by atoms with Crippen LogP contribution in [0.15, 0.2) is 24.3 Å². The summed E-state index contributed by atoms with van der Waals surface area (Å²) in [5, 5.41) is 12.6. The molecule has 2 rings (SSSR count). The third-order valence-corrected chi connectivity index (χ3v) is 2.58. The van der Waals surface area contributed by atoms with Crippen molar-refractivity contribution in [3.8, 4) is 5.75 Å². The highest BCUT2D eigenvalue weighted by Crippen LogP contribution is 2.14. The topological polar surface area (TPSA) is 32.3 Å². The van der Waals surface area contributed by atoms with Gasteiger partial charge in [-0.2, -0.15) is 0 Å². The molecule has 3 heteroatoms. The van der Waals surface area contributed by atoms with Gasteiger partial charge in [0, 0.05) is 6.04 Å². The molecule has 78 valence electrons. The SMILES string of the molecule is Br.Oc1ccc(CC2CCCN2)cc1. The summed E-state index contributed by atoms with van der Waals surface area (Å²) in [6.07, 6.45) is 3.66. The number of hydrogen-bond donors (Lipinski definition) is 2. The second kappa shape index (κ2) is 5.37. The highest BCUT2D eigenvalue weighted by Gasteiger charge is 2.13. The van der Waals surface area contributed by atoms with Crippen LogP contribution < -0.4 is 5.32 Å². The van der Waals surface area contributed by atoms with Gasteiger partial charge < -0.3 is 10.4 Å². The van der Waals surface area contributed by atoms with Crippen LogP contribution in [0, 0.1) is 0 Å². The number of aromatic hydroxyl groups is 1. The van der Waals surface area contributed by atoms with Crippen molar-refractivity contribution in [3.05, 3.63) is 29.8 Å². The fourth-order valence-electron chi connectivity index (χ4n) is 1.85. The minimum Gasteiger partial charge on any atom is -0.508 e. The van der Waals surface area contributed by atoms with Crippen molar-refractivity contribution in [2.24, 2.45) is 0 Å². The van der Waals surface area contributed by atoms with E-state index in [1.54, 1.807) is 12.1 Å². The lowest BCUT2D eigenvalue weighted by Crippen LogP contribution is -2.23. The van der Waals surface area contributed by atoms with Gasteiger partial charge >= 0.3 is 0 Å². The van der Waals surface area contributed by atoms with Gasteiger partial charge in [-0.3, -0.25) is 0 Å². The van der Waals surface area contributed by atoms with E-state index in [9.17, 15) is 0 Å². The zero-order valence-corrected chi connectivity index (χ0v) is 9.78. The van der Waals surface area contributed by atoms with E-state index in [1.807, 2.05) is 12.1 Å². The minimum absolute atomic E-state index is 0. The highest BCUT2D eigenvalue weighted by atomic mass is 79.9. The van der Waals surface area contributed by atoms with Crippen molar-refractivity contribution >= 4 is 17.0 Å². The van der Waals surface area contributed by atoms with Gasteiger partial charge in [0.15, 0.2) is 0 Å². The Bertz CT molecular complexity index is 267. The van der Waals surface area contributed by atoms with Gasteiger partial charge in [0.05, 0.1) is 0 Å². The molecule has 1 aromatic rings. The molecule has 0 amide bonds. The quantitative estimate of drug-likeness (QED) is 0.852. The molecule has 1 aromatic carbocycles. The van der Waals surface area contributed by atoms with Crippen molar-refractivity contribution < 1.29 is 5.11 Å². The van der Waals surface area contributed by atoms with Gasteiger partial charge in [0.1, 0.15) is 5.75 Å². The Hall–Kier alpha value is -0.540. The largest absolute Gasteiger partial charge is 0.508 e. The van der Waals surface area contributed by atoms with Crippen molar-refractivity contribution in [2.45, 2.75) is 25.3 Å². The van der Waals surface area contributed by atoms with Crippen LogP contribution >= 0.6 is 17.0 Å². The summed E-state index contributed by atoms with van der Waals surface area (Å²) in [6.45, 7) is 1.16. The van der Waals surface area contributed by atoms with E-state index >= 15 is 0 Å². The molecule has 2 N–H and O–H groups in total. The Morgan fingerprint density at radius 2 is 2.00 bits per heavy atom. The molecule has 0 radical (unpaired) electrons. The van der Waals surface area contributed by atoms with Crippen LogP contribution in [0.2, 0.25) is 0 Å². The van der Waals surface area contributed by atoms with E-state index in [1.165, 1.54) is 18.4 Å². The van der Waals surface area contributed by atoms with Gasteiger partial charge in [-0.25, -0.2) is 0 Å². The molecule has 1 heterocycles. The number of phenolic OH excluding ortho intramolecular Hbond substituents is 1. The molecule has 0 spiro atoms. The molecule has 0 aliphatic carbocycles. The predicted octanol–water partition coefficient (Wildman–Crippen LogP) is 2.26. The first-order valence-corrected chi connectivity index (χ1v) is 4.86. The zero-order valence-electron chi connectivity index (χ0n) is 8.07. The van der Waals surface area contributed by atoms with E-state index in [2.05, 4.69) is 5.32 Å². The van der Waals surface area contributed by atoms with E-state index < -0.39 is 0 Å². The maximum atomic E-state index is 9.10. The predicted molar refractivity (Wildman–Crippen MR) is 63.2 cm³/mol. The standard InChI is InChI=1S/C11H15NO.BrH/c13-11-5-3-9(4-6-11)8-10-2-1-7-12-10;/h3-6,10,12-13H,1-2,7-8H2;1H. The molecule has 1 aliphatic rings. The summed E-state index contributed by atoms with van der Waals surface area (Å²) in [5.41, 5.74) is 1.30. The van der Waals surface area contributed by atoms with E-state index in [0.717, 1.165) is 13.0 Å². The first kappa shape index (κ1) is 11.5. The second-order valence-corrected chi connectivity index (χ2v) is 3.66. The van der Waals surface area contributed by atoms with Crippen LogP contribution in [-0.4, -0.2) is 17.7 Å². The molecule has 1 aliphatic heterocycles. The Morgan fingerprint density at radius 1 is 1.29 bits per heavy atom. The summed E-state index contributed by atoms with van der Waals surface area (Å²) in [5.74, 6) is 0.350. The molecule has 1 saturated heterocycles. The van der Waals surface area contributed by atoms with E-state index in [-0.39, 0.29) is 17.0 Å². The first-order valence-electron chi connectivity index (χ1n) is 4.86. The van der Waals surface area contributed by atoms with E-state index in [0.29, 0.717) is 11.8 Å². The number of benzene rings is 1. The van der Waals surface area contributed by atoms with Crippen molar-refractivity contribution in [2.75, 3.05) is 6.54 Å². The molecule has 14 heavy (non-hydrogen) atoms. The Balaban J connectivity index is 0.000000980. The molecule has 2 nitrogen and oxygen atoms in total. The van der Waals surface area contributed by atoms with Crippen LogP contribution in [0.3, 0.4) is 0 Å². The summed E-state index contributed by atoms with van der Waals surface area (Å²) >= 11 is 0. The van der Waals surface area contributed by atoms with Gasteiger partial charge in [-0.1, -0.05) is 12.1 Å². The lowest BCUT2D eigenvalue weighted by Gasteiger charge is -2.09. The molecular weight excluding hydrogens is 242 g/mol. The molecule has 1 atom stereocenters. The minimum atomic E-state index is 0. The number of phenols is 1. The third-order valence-electron chi connectivity index (χ3n) is 2.58. The molecule has 0 bridgehead atoms. The summed E-state index contributed by atoms with van der Waals surface area (Å²) < 4.78 is 0. The number of halogens is 1. The summed E-state index contributed by atoms with van der Waals surface area (Å²) in [6, 6.07) is 8.14. The smallest absolute Gasteiger partial charge is 0.115 e. The fraction of sp³-hybridized carbons (Fsp3) is 0.455. The molecule has 1 unspecified atom stereocenters. The average molecular weight is 258 g/mol. The van der Waals surface area contributed by atoms with Gasteiger partial charge in [-0.05, 0) is 43.5 Å². The monoisotopic (exact) mass is 257 g/mol. The second-order valence-electron chi connectivity index (χ2n) is 3.66. The lowest BCUT2D eigenvalue weighted by atomic mass is 10.0. The molecule has 0 saturated carbocycles. The van der Waals surface area contributed by atoms with E-state index in [4.69, 9.17) is 5.11 Å². The summed E-state index contributed by atoms with van der Waals surface area (Å²) in [4.78, 5) is 0. The first-order chi connectivity index (χ1) is 6.34. The van der Waals surface area contributed by atoms with Crippen LogP contribution in [0.1, 0.15) is 18.4 Å². The zero-order chi connectivity index (χ0) is 9.10. The van der Waals surface area contributed by atoms with Crippen LogP contribution in [-0.2, 0) is 6.42 Å². The van der Waals surface area contributed by atoms with Gasteiger partial charge in [0.25, 0.3) is 0 Å². The van der Waals surface area contributed by atoms with Crippen LogP contribution in [0.4, 0.5) is 0 Å². The third kappa shape index (κ3) is 3.00. The van der Waals surface area contributed by atoms with Crippen molar-refractivity contribution in [1.29, 1.82) is 0 Å². The lowest BCUT2D eigenvalue weighted by molar-refractivity contribution is 0.475. The molecular formula is C11H16BrNO. The van der Waals surface area contributed by atoms with Crippen LogP contribution in [0.25, 0.3) is 0 Å². The number of hydrogen-bond acceptors (Lipinski definition) is 2. The maximum Gasteiger partial charge on any atom is 0.115 e.